The van der Waals surface area contributed by atoms with E-state index in [4.69, 9.17) is 13.6 Å². The second-order valence-electron chi connectivity index (χ2n) is 5.23. The van der Waals surface area contributed by atoms with Gasteiger partial charge in [-0.3, -0.25) is 9.13 Å². The van der Waals surface area contributed by atoms with Crippen molar-refractivity contribution in [3.8, 4) is 0 Å². The number of hydrogen-bond acceptors (Lipinski definition) is 5. The van der Waals surface area contributed by atoms with E-state index in [1.165, 1.54) is 6.66 Å². The minimum Gasteiger partial charge on any atom is -0.325 e. The molecule has 18 heavy (non-hydrogen) atoms. The zero-order valence-electron chi connectivity index (χ0n) is 12.4. The molecular formula is C11H26O5P2. The van der Waals surface area contributed by atoms with Crippen molar-refractivity contribution >= 4 is 15.0 Å². The Balaban J connectivity index is 4.89. The van der Waals surface area contributed by atoms with Crippen LogP contribution in [-0.4, -0.2) is 30.9 Å². The Morgan fingerprint density at radius 1 is 0.778 bits per heavy atom. The lowest BCUT2D eigenvalue weighted by Crippen LogP contribution is -2.12. The van der Waals surface area contributed by atoms with Crippen LogP contribution in [0.2, 0.25) is 0 Å². The average molecular weight is 300 g/mol. The van der Waals surface area contributed by atoms with E-state index in [1.807, 2.05) is 0 Å². The van der Waals surface area contributed by atoms with Gasteiger partial charge >= 0.3 is 7.60 Å². The first-order chi connectivity index (χ1) is 7.96. The fourth-order valence-corrected chi connectivity index (χ4v) is 7.07. The summed E-state index contributed by atoms with van der Waals surface area (Å²) in [7, 11) is -6.39. The summed E-state index contributed by atoms with van der Waals surface area (Å²) in [6, 6.07) is 0. The van der Waals surface area contributed by atoms with Gasteiger partial charge in [0, 0.05) is 6.66 Å². The van der Waals surface area contributed by atoms with Crippen molar-refractivity contribution in [1.82, 2.24) is 0 Å². The molecule has 0 saturated heterocycles. The van der Waals surface area contributed by atoms with E-state index in [0.29, 0.717) is 0 Å². The van der Waals surface area contributed by atoms with Crippen molar-refractivity contribution < 1.29 is 22.7 Å². The quantitative estimate of drug-likeness (QED) is 0.625. The number of hydrogen-bond donors (Lipinski definition) is 0. The smallest absolute Gasteiger partial charge is 0.325 e. The molecule has 110 valence electrons. The summed E-state index contributed by atoms with van der Waals surface area (Å²) in [5, 5.41) is 0. The lowest BCUT2D eigenvalue weighted by molar-refractivity contribution is 0.144. The third-order valence-corrected chi connectivity index (χ3v) is 7.40. The van der Waals surface area contributed by atoms with Crippen LogP contribution in [-0.2, 0) is 22.7 Å². The van der Waals surface area contributed by atoms with Crippen LogP contribution in [0.5, 0.6) is 0 Å². The van der Waals surface area contributed by atoms with Crippen molar-refractivity contribution in [2.75, 3.05) is 12.6 Å². The third-order valence-electron chi connectivity index (χ3n) is 1.61. The molecule has 1 unspecified atom stereocenters. The van der Waals surface area contributed by atoms with Crippen LogP contribution < -0.4 is 0 Å². The Bertz CT molecular complexity index is 324. The summed E-state index contributed by atoms with van der Waals surface area (Å²) in [6.45, 7) is 12.1. The molecule has 0 aromatic heterocycles. The van der Waals surface area contributed by atoms with E-state index >= 15 is 0 Å². The average Bonchev–Trinajstić information content (AvgIpc) is 1.92. The van der Waals surface area contributed by atoms with Gasteiger partial charge in [0.05, 0.1) is 18.3 Å². The van der Waals surface area contributed by atoms with Gasteiger partial charge in [-0.1, -0.05) is 0 Å². The SMILES string of the molecule is CC(C)OP(C)(=O)CP(=O)(OC(C)C)OC(C)C. The first kappa shape index (κ1) is 18.3. The molecule has 0 fully saturated rings. The molecule has 0 radical (unpaired) electrons. The van der Waals surface area contributed by atoms with E-state index in [2.05, 4.69) is 0 Å². The largest absolute Gasteiger partial charge is 0.340 e. The summed E-state index contributed by atoms with van der Waals surface area (Å²) in [6.07, 6.45) is -0.699. The molecule has 0 bridgehead atoms. The van der Waals surface area contributed by atoms with Crippen molar-refractivity contribution in [3.63, 3.8) is 0 Å². The van der Waals surface area contributed by atoms with Gasteiger partial charge in [0.25, 0.3) is 0 Å². The van der Waals surface area contributed by atoms with Gasteiger partial charge in [0.1, 0.15) is 5.90 Å². The van der Waals surface area contributed by atoms with Crippen molar-refractivity contribution in [2.45, 2.75) is 59.9 Å². The van der Waals surface area contributed by atoms with Gasteiger partial charge in [-0.05, 0) is 41.5 Å². The highest BCUT2D eigenvalue weighted by Gasteiger charge is 2.36. The molecule has 0 aromatic rings. The Hall–Kier alpha value is 0.340. The minimum absolute atomic E-state index is 0.186. The molecule has 1 atom stereocenters. The Morgan fingerprint density at radius 2 is 1.11 bits per heavy atom. The first-order valence-electron chi connectivity index (χ1n) is 6.16. The maximum Gasteiger partial charge on any atom is 0.340 e. The zero-order chi connectivity index (χ0) is 14.6. The van der Waals surface area contributed by atoms with E-state index in [1.54, 1.807) is 41.5 Å². The third kappa shape index (κ3) is 8.44. The standard InChI is InChI=1S/C11H26O5P2/c1-9(2)14-17(7,12)8-18(13,15-10(3)4)16-11(5)6/h9-11H,8H2,1-7H3. The Morgan fingerprint density at radius 3 is 1.39 bits per heavy atom. The second-order valence-corrected chi connectivity index (χ2v) is 10.2. The summed E-state index contributed by atoms with van der Waals surface area (Å²) in [5.74, 6) is -0.186. The molecule has 0 N–H and O–H groups in total. The Labute approximate surface area is 111 Å². The molecule has 0 aromatic carbocycles. The highest BCUT2D eigenvalue weighted by molar-refractivity contribution is 7.73. The number of rotatable bonds is 8. The first-order valence-corrected chi connectivity index (χ1v) is 10.1. The molecular weight excluding hydrogens is 274 g/mol. The summed E-state index contributed by atoms with van der Waals surface area (Å²) in [5.41, 5.74) is 0. The fourth-order valence-electron chi connectivity index (χ4n) is 1.53. The van der Waals surface area contributed by atoms with E-state index < -0.39 is 15.0 Å². The second kappa shape index (κ2) is 7.21. The van der Waals surface area contributed by atoms with Crippen LogP contribution >= 0.6 is 15.0 Å². The minimum atomic E-state index is -3.40. The maximum absolute atomic E-state index is 12.5. The van der Waals surface area contributed by atoms with Gasteiger partial charge in [-0.15, -0.1) is 0 Å². The van der Waals surface area contributed by atoms with Crippen LogP contribution in [0.15, 0.2) is 0 Å². The molecule has 5 nitrogen and oxygen atoms in total. The topological polar surface area (TPSA) is 61.8 Å². The van der Waals surface area contributed by atoms with Gasteiger partial charge in [-0.2, -0.15) is 0 Å². The van der Waals surface area contributed by atoms with E-state index in [0.717, 1.165) is 0 Å². The van der Waals surface area contributed by atoms with Crippen LogP contribution in [0, 0.1) is 0 Å². The predicted molar refractivity (Wildman–Crippen MR) is 74.7 cm³/mol. The van der Waals surface area contributed by atoms with Gasteiger partial charge in [0.15, 0.2) is 0 Å². The molecule has 0 rings (SSSR count). The van der Waals surface area contributed by atoms with Crippen LogP contribution in [0.4, 0.5) is 0 Å². The van der Waals surface area contributed by atoms with Crippen molar-refractivity contribution in [2.24, 2.45) is 0 Å². The monoisotopic (exact) mass is 300 g/mol. The van der Waals surface area contributed by atoms with E-state index in [9.17, 15) is 9.13 Å². The summed E-state index contributed by atoms with van der Waals surface area (Å²) in [4.78, 5) is 0. The highest BCUT2D eigenvalue weighted by Crippen LogP contribution is 2.63. The molecule has 0 aliphatic rings. The van der Waals surface area contributed by atoms with Gasteiger partial charge in [-0.25, -0.2) is 0 Å². The van der Waals surface area contributed by atoms with E-state index in [-0.39, 0.29) is 24.2 Å². The molecule has 0 saturated carbocycles. The lowest BCUT2D eigenvalue weighted by Gasteiger charge is -2.26. The van der Waals surface area contributed by atoms with Crippen LogP contribution in [0.1, 0.15) is 41.5 Å². The van der Waals surface area contributed by atoms with Crippen LogP contribution in [0.25, 0.3) is 0 Å². The lowest BCUT2D eigenvalue weighted by atomic mass is 10.5. The van der Waals surface area contributed by atoms with Gasteiger partial charge in [0.2, 0.25) is 7.37 Å². The summed E-state index contributed by atoms with van der Waals surface area (Å²) < 4.78 is 40.8. The molecule has 0 aliphatic heterocycles. The molecule has 0 aliphatic carbocycles. The van der Waals surface area contributed by atoms with Crippen molar-refractivity contribution in [1.29, 1.82) is 0 Å². The molecule has 0 heterocycles. The van der Waals surface area contributed by atoms with Crippen LogP contribution in [0.3, 0.4) is 0 Å². The molecule has 0 amide bonds. The predicted octanol–water partition coefficient (Wildman–Crippen LogP) is 4.32. The summed E-state index contributed by atoms with van der Waals surface area (Å²) >= 11 is 0. The maximum atomic E-state index is 12.5. The Kier molecular flexibility index (Phi) is 7.35. The highest BCUT2D eigenvalue weighted by atomic mass is 31.2. The van der Waals surface area contributed by atoms with Crippen molar-refractivity contribution in [3.05, 3.63) is 0 Å². The normalized spacial score (nSPS) is 16.6. The zero-order valence-corrected chi connectivity index (χ0v) is 14.2. The fraction of sp³-hybridized carbons (Fsp3) is 1.00. The van der Waals surface area contributed by atoms with Gasteiger partial charge < -0.3 is 13.6 Å². The molecule has 0 spiro atoms. The molecule has 7 heteroatoms.